The summed E-state index contributed by atoms with van der Waals surface area (Å²) in [6.07, 6.45) is 6.98. The third-order valence-corrected chi connectivity index (χ3v) is 8.47. The lowest BCUT2D eigenvalue weighted by molar-refractivity contribution is 0.0390. The molecule has 2 fully saturated rings. The first-order valence-electron chi connectivity index (χ1n) is 11.0. The molecule has 0 spiro atoms. The van der Waals surface area contributed by atoms with Gasteiger partial charge in [0.25, 0.3) is 15.9 Å². The molecule has 0 radical (unpaired) electrons. The molecule has 0 N–H and O–H groups in total. The maximum Gasteiger partial charge on any atom is 0.264 e. The molecule has 166 valence electrons. The van der Waals surface area contributed by atoms with Crippen LogP contribution in [0.2, 0.25) is 0 Å². The van der Waals surface area contributed by atoms with Gasteiger partial charge in [-0.2, -0.15) is 0 Å². The molecule has 31 heavy (non-hydrogen) atoms. The van der Waals surface area contributed by atoms with Crippen molar-refractivity contribution in [1.82, 2.24) is 4.90 Å². The number of amides is 1. The highest BCUT2D eigenvalue weighted by atomic mass is 32.2. The number of hydrogen-bond acceptors (Lipinski definition) is 4. The number of hydrogen-bond donors (Lipinski definition) is 0. The molecule has 1 aliphatic carbocycles. The number of nitrogens with zero attached hydrogens (tertiary/aromatic N) is 2. The predicted octanol–water partition coefficient (Wildman–Crippen LogP) is 4.32. The molecule has 4 rings (SSSR count). The van der Waals surface area contributed by atoms with Crippen molar-refractivity contribution >= 4 is 21.6 Å². The van der Waals surface area contributed by atoms with E-state index in [1.165, 1.54) is 56.3 Å². The van der Waals surface area contributed by atoms with Gasteiger partial charge in [0, 0.05) is 25.2 Å². The number of methoxy groups -OCH3 is 1. The first-order chi connectivity index (χ1) is 14.9. The summed E-state index contributed by atoms with van der Waals surface area (Å²) in [5.74, 6) is 1.10. The monoisotopic (exact) mass is 442 g/mol. The molecule has 0 aromatic heterocycles. The van der Waals surface area contributed by atoms with Gasteiger partial charge in [-0.15, -0.1) is 0 Å². The Kier molecular flexibility index (Phi) is 6.23. The van der Waals surface area contributed by atoms with Crippen molar-refractivity contribution < 1.29 is 17.9 Å². The SMILES string of the molecule is COc1ccccc1N(C)S(=O)(=O)c1ccc(C(=O)N2CCCC3CCCCC32)cc1. The third-order valence-electron chi connectivity index (χ3n) is 6.69. The average Bonchev–Trinajstić information content (AvgIpc) is 2.82. The summed E-state index contributed by atoms with van der Waals surface area (Å²) in [5, 5.41) is 0. The van der Waals surface area contributed by atoms with Gasteiger partial charge in [-0.25, -0.2) is 8.42 Å². The van der Waals surface area contributed by atoms with Gasteiger partial charge in [0.15, 0.2) is 0 Å². The largest absolute Gasteiger partial charge is 0.495 e. The molecular weight excluding hydrogens is 412 g/mol. The summed E-state index contributed by atoms with van der Waals surface area (Å²) in [6.45, 7) is 0.788. The van der Waals surface area contributed by atoms with Gasteiger partial charge in [-0.05, 0) is 68.0 Å². The van der Waals surface area contributed by atoms with Crippen LogP contribution in [0.15, 0.2) is 53.4 Å². The van der Waals surface area contributed by atoms with Gasteiger partial charge in [0.2, 0.25) is 0 Å². The Balaban J connectivity index is 1.55. The van der Waals surface area contributed by atoms with Crippen molar-refractivity contribution in [2.75, 3.05) is 25.0 Å². The van der Waals surface area contributed by atoms with Crippen LogP contribution in [0.3, 0.4) is 0 Å². The number of anilines is 1. The van der Waals surface area contributed by atoms with Gasteiger partial charge in [0.05, 0.1) is 17.7 Å². The van der Waals surface area contributed by atoms with Gasteiger partial charge < -0.3 is 9.64 Å². The van der Waals surface area contributed by atoms with Crippen LogP contribution < -0.4 is 9.04 Å². The van der Waals surface area contributed by atoms with Crippen molar-refractivity contribution in [1.29, 1.82) is 0 Å². The molecule has 1 saturated carbocycles. The molecule has 7 heteroatoms. The van der Waals surface area contributed by atoms with E-state index >= 15 is 0 Å². The van der Waals surface area contributed by atoms with E-state index in [9.17, 15) is 13.2 Å². The van der Waals surface area contributed by atoms with E-state index < -0.39 is 10.0 Å². The number of piperidine rings is 1. The number of likely N-dealkylation sites (tertiary alicyclic amines) is 1. The Morgan fingerprint density at radius 2 is 1.68 bits per heavy atom. The van der Waals surface area contributed by atoms with Crippen LogP contribution in [0.5, 0.6) is 5.75 Å². The van der Waals surface area contributed by atoms with Gasteiger partial charge >= 0.3 is 0 Å². The van der Waals surface area contributed by atoms with Gasteiger partial charge in [0.1, 0.15) is 5.75 Å². The second-order valence-corrected chi connectivity index (χ2v) is 10.4. The molecule has 2 atom stereocenters. The van der Waals surface area contributed by atoms with Crippen LogP contribution in [-0.4, -0.2) is 46.0 Å². The van der Waals surface area contributed by atoms with E-state index in [1.54, 1.807) is 36.4 Å². The Hall–Kier alpha value is -2.54. The lowest BCUT2D eigenvalue weighted by atomic mass is 9.78. The van der Waals surface area contributed by atoms with Crippen LogP contribution in [0, 0.1) is 5.92 Å². The summed E-state index contributed by atoms with van der Waals surface area (Å²) in [4.78, 5) is 15.4. The number of carbonyl (C=O) groups excluding carboxylic acids is 1. The van der Waals surface area contributed by atoms with Crippen LogP contribution in [0.25, 0.3) is 0 Å². The van der Waals surface area contributed by atoms with Crippen LogP contribution >= 0.6 is 0 Å². The van der Waals surface area contributed by atoms with Crippen molar-refractivity contribution in [2.45, 2.75) is 49.5 Å². The summed E-state index contributed by atoms with van der Waals surface area (Å²) in [5.41, 5.74) is 1.01. The lowest BCUT2D eigenvalue weighted by Gasteiger charge is -2.44. The predicted molar refractivity (Wildman–Crippen MR) is 121 cm³/mol. The highest BCUT2D eigenvalue weighted by molar-refractivity contribution is 7.92. The summed E-state index contributed by atoms with van der Waals surface area (Å²) >= 11 is 0. The summed E-state index contributed by atoms with van der Waals surface area (Å²) < 4.78 is 32.8. The van der Waals surface area contributed by atoms with Crippen molar-refractivity contribution in [2.24, 2.45) is 5.92 Å². The first kappa shape index (κ1) is 21.7. The summed E-state index contributed by atoms with van der Waals surface area (Å²) in [6, 6.07) is 13.6. The maximum absolute atomic E-state index is 13.2. The van der Waals surface area contributed by atoms with Crippen LogP contribution in [0.1, 0.15) is 48.9 Å². The lowest BCUT2D eigenvalue weighted by Crippen LogP contribution is -2.49. The fraction of sp³-hybridized carbons (Fsp3) is 0.458. The number of carbonyl (C=O) groups is 1. The Bertz CT molecular complexity index is 1030. The van der Waals surface area contributed by atoms with E-state index in [-0.39, 0.29) is 10.8 Å². The Morgan fingerprint density at radius 1 is 1.00 bits per heavy atom. The number of fused-ring (bicyclic) bond motifs is 1. The third kappa shape index (κ3) is 4.15. The van der Waals surface area contributed by atoms with E-state index in [0.29, 0.717) is 29.0 Å². The quantitative estimate of drug-likeness (QED) is 0.692. The van der Waals surface area contributed by atoms with Crippen LogP contribution in [0.4, 0.5) is 5.69 Å². The topological polar surface area (TPSA) is 66.9 Å². The molecule has 2 aromatic rings. The zero-order valence-electron chi connectivity index (χ0n) is 18.2. The fourth-order valence-electron chi connectivity index (χ4n) is 4.99. The maximum atomic E-state index is 13.2. The number of benzene rings is 2. The van der Waals surface area contributed by atoms with Crippen molar-refractivity contribution in [3.05, 3.63) is 54.1 Å². The Labute approximate surface area is 184 Å². The normalized spacial score (nSPS) is 21.3. The molecule has 1 saturated heterocycles. The van der Waals surface area contributed by atoms with Crippen LogP contribution in [-0.2, 0) is 10.0 Å². The van der Waals surface area contributed by atoms with E-state index in [4.69, 9.17) is 4.74 Å². The van der Waals surface area contributed by atoms with E-state index in [0.717, 1.165) is 19.4 Å². The minimum Gasteiger partial charge on any atom is -0.495 e. The molecule has 1 heterocycles. The number of ether oxygens (including phenoxy) is 1. The van der Waals surface area contributed by atoms with Gasteiger partial charge in [-0.1, -0.05) is 25.0 Å². The van der Waals surface area contributed by atoms with E-state index in [1.807, 2.05) is 4.90 Å². The van der Waals surface area contributed by atoms with Gasteiger partial charge in [-0.3, -0.25) is 9.10 Å². The zero-order chi connectivity index (χ0) is 22.0. The molecule has 1 amide bonds. The second kappa shape index (κ2) is 8.91. The van der Waals surface area contributed by atoms with Crippen molar-refractivity contribution in [3.63, 3.8) is 0 Å². The molecule has 2 unspecified atom stereocenters. The summed E-state index contributed by atoms with van der Waals surface area (Å²) in [7, 11) is -0.768. The fourth-order valence-corrected chi connectivity index (χ4v) is 6.20. The minimum absolute atomic E-state index is 0.0126. The molecular formula is C24H30N2O4S. The molecule has 0 bridgehead atoms. The highest BCUT2D eigenvalue weighted by Crippen LogP contribution is 2.36. The molecule has 6 nitrogen and oxygen atoms in total. The molecule has 2 aliphatic rings. The Morgan fingerprint density at radius 3 is 2.42 bits per heavy atom. The van der Waals surface area contributed by atoms with Crippen molar-refractivity contribution in [3.8, 4) is 5.75 Å². The van der Waals surface area contributed by atoms with E-state index in [2.05, 4.69) is 0 Å². The molecule has 2 aromatic carbocycles. The highest BCUT2D eigenvalue weighted by Gasteiger charge is 2.36. The standard InChI is InChI=1S/C24H30N2O4S/c1-25(22-11-5-6-12-23(22)30-2)31(28,29)20-15-13-19(14-16-20)24(27)26-17-7-9-18-8-3-4-10-21(18)26/h5-6,11-16,18,21H,3-4,7-10,17H2,1-2H3. The number of para-hydroxylation sites is 2. The zero-order valence-corrected chi connectivity index (χ0v) is 19.0. The number of rotatable bonds is 5. The smallest absolute Gasteiger partial charge is 0.264 e. The molecule has 1 aliphatic heterocycles. The minimum atomic E-state index is -3.78. The first-order valence-corrected chi connectivity index (χ1v) is 12.4. The number of sulfonamides is 1. The average molecular weight is 443 g/mol. The second-order valence-electron chi connectivity index (χ2n) is 8.42.